The van der Waals surface area contributed by atoms with E-state index in [1.54, 1.807) is 12.4 Å². The van der Waals surface area contributed by atoms with E-state index in [4.69, 9.17) is 9.72 Å². The Kier molecular flexibility index (Phi) is 7.12. The summed E-state index contributed by atoms with van der Waals surface area (Å²) in [5, 5.41) is 8.28. The lowest BCUT2D eigenvalue weighted by Gasteiger charge is -2.12. The van der Waals surface area contributed by atoms with Crippen molar-refractivity contribution in [1.82, 2.24) is 44.9 Å². The molecule has 0 aliphatic heterocycles. The number of nitrogens with zero attached hydrogens (tertiary/aromatic N) is 7. The highest BCUT2D eigenvalue weighted by molar-refractivity contribution is 5.96. The summed E-state index contributed by atoms with van der Waals surface area (Å²) in [4.78, 5) is 25.7. The maximum Gasteiger partial charge on any atom is 0.181 e. The molecule has 0 spiro atoms. The largest absolute Gasteiger partial charge is 0.492 e. The molecule has 1 aromatic carbocycles. The fourth-order valence-corrected chi connectivity index (χ4v) is 4.75. The van der Waals surface area contributed by atoms with E-state index < -0.39 is 0 Å². The summed E-state index contributed by atoms with van der Waals surface area (Å²) >= 11 is 0. The van der Waals surface area contributed by atoms with Gasteiger partial charge in [-0.2, -0.15) is 5.10 Å². The average Bonchev–Trinajstić information content (AvgIpc) is 3.56. The van der Waals surface area contributed by atoms with Crippen LogP contribution >= 0.6 is 0 Å². The molecule has 10 nitrogen and oxygen atoms in total. The maximum atomic E-state index is 14.6. The molecule has 0 bridgehead atoms. The average molecular weight is 552 g/mol. The van der Waals surface area contributed by atoms with E-state index in [1.165, 1.54) is 12.1 Å². The predicted octanol–water partition coefficient (Wildman–Crippen LogP) is 4.77. The molecule has 6 rings (SSSR count). The molecule has 41 heavy (non-hydrogen) atoms. The second-order valence-corrected chi connectivity index (χ2v) is 10.5. The van der Waals surface area contributed by atoms with Gasteiger partial charge in [0, 0.05) is 60.6 Å². The highest BCUT2D eigenvalue weighted by Gasteiger charge is 2.17. The van der Waals surface area contributed by atoms with Crippen LogP contribution in [0.4, 0.5) is 4.39 Å². The zero-order valence-corrected chi connectivity index (χ0v) is 23.3. The van der Waals surface area contributed by atoms with Crippen molar-refractivity contribution in [2.75, 3.05) is 41.3 Å². The van der Waals surface area contributed by atoms with Gasteiger partial charge >= 0.3 is 0 Å². The zero-order chi connectivity index (χ0) is 28.5. The van der Waals surface area contributed by atoms with Crippen molar-refractivity contribution in [1.29, 1.82) is 0 Å². The van der Waals surface area contributed by atoms with E-state index in [1.807, 2.05) is 63.7 Å². The molecular weight excluding hydrogens is 521 g/mol. The quantitative estimate of drug-likeness (QED) is 0.264. The fraction of sp³-hybridized carbons (Fsp3) is 0.233. The standard InChI is InChI=1S/C30H30FN9O/c1-39(2)7-8-41-23-11-19(10-22(31)13-23)24-5-6-33-29-26(24)35-30(36-29)27-25-12-21(16-34-28(25)38-37-27)20-9-18(14-32-15-20)17-40(3)4/h5-6,9-16H,7-8,17H2,1-4H3,(H,33,35,36)(H,34,37,38). The van der Waals surface area contributed by atoms with Gasteiger partial charge in [0.1, 0.15) is 23.9 Å². The van der Waals surface area contributed by atoms with Gasteiger partial charge in [0.2, 0.25) is 0 Å². The van der Waals surface area contributed by atoms with E-state index in [0.29, 0.717) is 46.2 Å². The van der Waals surface area contributed by atoms with E-state index in [0.717, 1.165) is 40.7 Å². The van der Waals surface area contributed by atoms with Crippen molar-refractivity contribution in [3.05, 3.63) is 72.6 Å². The van der Waals surface area contributed by atoms with Gasteiger partial charge in [0.15, 0.2) is 17.1 Å². The number of H-pyrrole nitrogens is 2. The number of rotatable bonds is 9. The van der Waals surface area contributed by atoms with Crippen LogP contribution in [-0.4, -0.2) is 86.3 Å². The first-order chi connectivity index (χ1) is 19.8. The summed E-state index contributed by atoms with van der Waals surface area (Å²) in [6, 6.07) is 10.7. The number of nitrogens with one attached hydrogen (secondary N) is 2. The minimum Gasteiger partial charge on any atom is -0.492 e. The number of imidazole rings is 1. The predicted molar refractivity (Wildman–Crippen MR) is 157 cm³/mol. The van der Waals surface area contributed by atoms with Crippen molar-refractivity contribution in [2.24, 2.45) is 0 Å². The van der Waals surface area contributed by atoms with Gasteiger partial charge in [-0.25, -0.2) is 19.3 Å². The Balaban J connectivity index is 1.37. The van der Waals surface area contributed by atoms with Gasteiger partial charge in [-0.05, 0) is 69.6 Å². The zero-order valence-electron chi connectivity index (χ0n) is 23.3. The van der Waals surface area contributed by atoms with Crippen LogP contribution in [0.5, 0.6) is 5.75 Å². The van der Waals surface area contributed by atoms with Crippen molar-refractivity contribution in [3.63, 3.8) is 0 Å². The summed E-state index contributed by atoms with van der Waals surface area (Å²) in [7, 11) is 7.98. The van der Waals surface area contributed by atoms with Crippen LogP contribution < -0.4 is 4.74 Å². The minimum atomic E-state index is -0.380. The maximum absolute atomic E-state index is 14.6. The minimum absolute atomic E-state index is 0.380. The molecule has 5 heterocycles. The molecule has 208 valence electrons. The Morgan fingerprint density at radius 3 is 2.56 bits per heavy atom. The number of benzene rings is 1. The summed E-state index contributed by atoms with van der Waals surface area (Å²) in [6.07, 6.45) is 7.16. The molecule has 0 unspecified atom stereocenters. The lowest BCUT2D eigenvalue weighted by molar-refractivity contribution is 0.260. The lowest BCUT2D eigenvalue weighted by Crippen LogP contribution is -2.19. The topological polar surface area (TPSA) is 112 Å². The Labute approximate surface area is 236 Å². The molecule has 6 aromatic rings. The summed E-state index contributed by atoms with van der Waals surface area (Å²) in [6.45, 7) is 1.97. The van der Waals surface area contributed by atoms with Gasteiger partial charge in [0.05, 0.1) is 10.9 Å². The van der Waals surface area contributed by atoms with Crippen LogP contribution in [0.2, 0.25) is 0 Å². The van der Waals surface area contributed by atoms with Gasteiger partial charge in [-0.1, -0.05) is 0 Å². The van der Waals surface area contributed by atoms with E-state index in [9.17, 15) is 4.39 Å². The van der Waals surface area contributed by atoms with Crippen LogP contribution in [0.15, 0.2) is 61.2 Å². The first-order valence-corrected chi connectivity index (χ1v) is 13.2. The number of halogens is 1. The first kappa shape index (κ1) is 26.5. The van der Waals surface area contributed by atoms with Crippen LogP contribution in [0.25, 0.3) is 56.0 Å². The second-order valence-electron chi connectivity index (χ2n) is 10.5. The normalized spacial score (nSPS) is 11.8. The number of aromatic amines is 2. The van der Waals surface area contributed by atoms with Crippen molar-refractivity contribution < 1.29 is 9.13 Å². The lowest BCUT2D eigenvalue weighted by atomic mass is 10.1. The molecule has 0 saturated heterocycles. The molecule has 11 heteroatoms. The summed E-state index contributed by atoms with van der Waals surface area (Å²) in [5.74, 6) is 0.642. The van der Waals surface area contributed by atoms with Gasteiger partial charge in [0.25, 0.3) is 0 Å². The number of hydrogen-bond acceptors (Lipinski definition) is 8. The molecule has 0 saturated carbocycles. The van der Waals surface area contributed by atoms with Gasteiger partial charge in [-0.15, -0.1) is 0 Å². The third-order valence-corrected chi connectivity index (χ3v) is 6.66. The molecule has 2 N–H and O–H groups in total. The van der Waals surface area contributed by atoms with Gasteiger partial charge in [-0.3, -0.25) is 10.1 Å². The molecule has 0 fully saturated rings. The van der Waals surface area contributed by atoms with E-state index in [2.05, 4.69) is 41.1 Å². The SMILES string of the molecule is CN(C)CCOc1cc(F)cc(-c2ccnc3nc(-c4[nH]nc5ncc(-c6cncc(CN(C)C)c6)cc45)[nH]c23)c1. The monoisotopic (exact) mass is 551 g/mol. The highest BCUT2D eigenvalue weighted by atomic mass is 19.1. The number of likely N-dealkylation sites (N-methyl/N-ethyl adjacent to an activating group) is 1. The number of hydrogen-bond donors (Lipinski definition) is 2. The summed E-state index contributed by atoms with van der Waals surface area (Å²) in [5.41, 5.74) is 6.86. The Bertz CT molecular complexity index is 1840. The molecular formula is C30H30FN9O. The third-order valence-electron chi connectivity index (χ3n) is 6.66. The van der Waals surface area contributed by atoms with Crippen LogP contribution in [-0.2, 0) is 6.54 Å². The van der Waals surface area contributed by atoms with Crippen LogP contribution in [0.3, 0.4) is 0 Å². The van der Waals surface area contributed by atoms with Crippen LogP contribution in [0.1, 0.15) is 5.56 Å². The van der Waals surface area contributed by atoms with Crippen molar-refractivity contribution in [2.45, 2.75) is 6.54 Å². The third kappa shape index (κ3) is 5.63. The number of fused-ring (bicyclic) bond motifs is 2. The molecule has 5 aromatic heterocycles. The molecule has 0 amide bonds. The first-order valence-electron chi connectivity index (χ1n) is 13.2. The molecule has 0 aliphatic carbocycles. The molecule has 0 aliphatic rings. The molecule has 0 atom stereocenters. The fourth-order valence-electron chi connectivity index (χ4n) is 4.75. The van der Waals surface area contributed by atoms with Crippen molar-refractivity contribution >= 4 is 22.2 Å². The highest BCUT2D eigenvalue weighted by Crippen LogP contribution is 2.33. The second kappa shape index (κ2) is 11.0. The smallest absolute Gasteiger partial charge is 0.181 e. The summed E-state index contributed by atoms with van der Waals surface area (Å²) < 4.78 is 20.4. The van der Waals surface area contributed by atoms with Crippen molar-refractivity contribution in [3.8, 4) is 39.5 Å². The van der Waals surface area contributed by atoms with Crippen LogP contribution in [0, 0.1) is 5.82 Å². The van der Waals surface area contributed by atoms with E-state index in [-0.39, 0.29) is 5.82 Å². The Morgan fingerprint density at radius 1 is 0.878 bits per heavy atom. The Hall–Kier alpha value is -4.74. The Morgan fingerprint density at radius 2 is 1.73 bits per heavy atom. The number of pyridine rings is 3. The van der Waals surface area contributed by atoms with Gasteiger partial charge < -0.3 is 19.5 Å². The number of aromatic nitrogens is 7. The van der Waals surface area contributed by atoms with E-state index >= 15 is 0 Å². The molecule has 0 radical (unpaired) electrons. The number of ether oxygens (including phenoxy) is 1.